The Hall–Kier alpha value is -1.30. The lowest BCUT2D eigenvalue weighted by molar-refractivity contribution is -0.144. The summed E-state index contributed by atoms with van der Waals surface area (Å²) in [4.78, 5) is 25.3. The highest BCUT2D eigenvalue weighted by atomic mass is 16.5. The molecule has 0 aromatic rings. The van der Waals surface area contributed by atoms with Gasteiger partial charge >= 0.3 is 12.0 Å². The number of urea groups is 1. The van der Waals surface area contributed by atoms with Crippen molar-refractivity contribution in [2.45, 2.75) is 46.1 Å². The molecule has 0 aliphatic rings. The molecule has 0 spiro atoms. The van der Waals surface area contributed by atoms with Crippen molar-refractivity contribution in [3.05, 3.63) is 0 Å². The number of ether oxygens (including phenoxy) is 1. The lowest BCUT2D eigenvalue weighted by Gasteiger charge is -2.32. The van der Waals surface area contributed by atoms with E-state index in [0.717, 1.165) is 0 Å². The third kappa shape index (κ3) is 5.36. The maximum Gasteiger partial charge on any atom is 0.329 e. The van der Waals surface area contributed by atoms with E-state index in [2.05, 4.69) is 5.32 Å². The van der Waals surface area contributed by atoms with Gasteiger partial charge in [0, 0.05) is 20.2 Å². The van der Waals surface area contributed by atoms with Crippen LogP contribution >= 0.6 is 0 Å². The first-order chi connectivity index (χ1) is 9.32. The number of carboxylic acid groups (broad SMARTS) is 1. The molecule has 0 radical (unpaired) electrons. The van der Waals surface area contributed by atoms with Crippen LogP contribution < -0.4 is 5.32 Å². The molecule has 0 atom stereocenters. The largest absolute Gasteiger partial charge is 0.480 e. The maximum atomic E-state index is 12.3. The van der Waals surface area contributed by atoms with Gasteiger partial charge < -0.3 is 20.1 Å². The highest BCUT2D eigenvalue weighted by Gasteiger charge is 2.37. The van der Waals surface area contributed by atoms with Gasteiger partial charge in [-0.25, -0.2) is 9.59 Å². The Morgan fingerprint density at radius 2 is 1.85 bits per heavy atom. The Bertz CT molecular complexity index is 314. The van der Waals surface area contributed by atoms with Crippen molar-refractivity contribution in [3.63, 3.8) is 0 Å². The van der Waals surface area contributed by atoms with E-state index in [9.17, 15) is 14.7 Å². The third-order valence-corrected chi connectivity index (χ3v) is 3.40. The second kappa shape index (κ2) is 8.79. The van der Waals surface area contributed by atoms with Crippen LogP contribution in [0.4, 0.5) is 4.79 Å². The van der Waals surface area contributed by atoms with Gasteiger partial charge in [-0.05, 0) is 18.8 Å². The molecule has 0 fully saturated rings. The first-order valence-electron chi connectivity index (χ1n) is 7.12. The molecule has 0 saturated carbocycles. The Morgan fingerprint density at radius 3 is 2.20 bits per heavy atom. The Labute approximate surface area is 121 Å². The van der Waals surface area contributed by atoms with E-state index in [4.69, 9.17) is 4.74 Å². The number of hydrogen-bond donors (Lipinski definition) is 2. The van der Waals surface area contributed by atoms with Crippen LogP contribution in [-0.4, -0.2) is 54.4 Å². The number of rotatable bonds is 9. The molecule has 2 amide bonds. The SMILES string of the molecule is CCC(CC)(NC(=O)N(CCOC)CC(C)C)C(=O)O. The maximum absolute atomic E-state index is 12.3. The van der Waals surface area contributed by atoms with Gasteiger partial charge in [-0.15, -0.1) is 0 Å². The molecule has 20 heavy (non-hydrogen) atoms. The molecule has 0 aliphatic carbocycles. The number of nitrogens with one attached hydrogen (secondary N) is 1. The van der Waals surface area contributed by atoms with Gasteiger partial charge in [0.25, 0.3) is 0 Å². The minimum absolute atomic E-state index is 0.306. The van der Waals surface area contributed by atoms with Gasteiger partial charge in [0.2, 0.25) is 0 Å². The molecule has 0 heterocycles. The van der Waals surface area contributed by atoms with E-state index in [-0.39, 0.29) is 6.03 Å². The first kappa shape index (κ1) is 18.7. The van der Waals surface area contributed by atoms with Crippen LogP contribution in [0, 0.1) is 5.92 Å². The molecule has 0 aromatic carbocycles. The van der Waals surface area contributed by atoms with E-state index in [0.29, 0.717) is 38.5 Å². The van der Waals surface area contributed by atoms with Gasteiger partial charge in [0.15, 0.2) is 0 Å². The smallest absolute Gasteiger partial charge is 0.329 e. The molecular weight excluding hydrogens is 260 g/mol. The third-order valence-electron chi connectivity index (χ3n) is 3.40. The molecule has 0 bridgehead atoms. The molecule has 0 aromatic heterocycles. The summed E-state index contributed by atoms with van der Waals surface area (Å²) in [5.74, 6) is -0.688. The van der Waals surface area contributed by atoms with Crippen LogP contribution in [0.5, 0.6) is 0 Å². The van der Waals surface area contributed by atoms with Crippen molar-refractivity contribution >= 4 is 12.0 Å². The van der Waals surface area contributed by atoms with Crippen LogP contribution in [-0.2, 0) is 9.53 Å². The number of carboxylic acids is 1. The van der Waals surface area contributed by atoms with Crippen LogP contribution in [0.2, 0.25) is 0 Å². The second-order valence-electron chi connectivity index (χ2n) is 5.36. The summed E-state index contributed by atoms with van der Waals surface area (Å²) in [6.45, 7) is 8.99. The van der Waals surface area contributed by atoms with Crippen molar-refractivity contribution in [2.24, 2.45) is 5.92 Å². The summed E-state index contributed by atoms with van der Waals surface area (Å²) in [7, 11) is 1.57. The highest BCUT2D eigenvalue weighted by molar-refractivity contribution is 5.86. The average Bonchev–Trinajstić information content (AvgIpc) is 2.39. The fourth-order valence-electron chi connectivity index (χ4n) is 1.98. The summed E-state index contributed by atoms with van der Waals surface area (Å²) >= 11 is 0. The zero-order chi connectivity index (χ0) is 15.8. The Morgan fingerprint density at radius 1 is 1.30 bits per heavy atom. The van der Waals surface area contributed by atoms with Crippen molar-refractivity contribution in [1.82, 2.24) is 10.2 Å². The van der Waals surface area contributed by atoms with Gasteiger partial charge in [0.05, 0.1) is 6.61 Å². The number of aliphatic carboxylic acids is 1. The van der Waals surface area contributed by atoms with E-state index < -0.39 is 11.5 Å². The zero-order valence-corrected chi connectivity index (χ0v) is 13.2. The first-order valence-corrected chi connectivity index (χ1v) is 7.12. The fraction of sp³-hybridized carbons (Fsp3) is 0.857. The number of methoxy groups -OCH3 is 1. The summed E-state index contributed by atoms with van der Waals surface area (Å²) in [6, 6.07) is -0.346. The zero-order valence-electron chi connectivity index (χ0n) is 13.2. The number of amides is 2. The molecule has 6 heteroatoms. The van der Waals surface area contributed by atoms with Gasteiger partial charge in [-0.3, -0.25) is 0 Å². The van der Waals surface area contributed by atoms with Crippen LogP contribution in [0.15, 0.2) is 0 Å². The molecule has 0 aliphatic heterocycles. The monoisotopic (exact) mass is 288 g/mol. The lowest BCUT2D eigenvalue weighted by atomic mass is 9.93. The van der Waals surface area contributed by atoms with E-state index in [1.165, 1.54) is 0 Å². The van der Waals surface area contributed by atoms with Crippen molar-refractivity contribution in [2.75, 3.05) is 26.8 Å². The number of hydrogen-bond acceptors (Lipinski definition) is 3. The Kier molecular flexibility index (Phi) is 8.22. The molecule has 0 saturated heterocycles. The number of carbonyl (C=O) groups is 2. The quantitative estimate of drug-likeness (QED) is 0.679. The summed E-state index contributed by atoms with van der Waals surface area (Å²) in [5.41, 5.74) is -1.20. The van der Waals surface area contributed by atoms with Crippen molar-refractivity contribution < 1.29 is 19.4 Å². The lowest BCUT2D eigenvalue weighted by Crippen LogP contribution is -2.58. The summed E-state index contributed by atoms with van der Waals surface area (Å²) < 4.78 is 5.00. The minimum atomic E-state index is -1.20. The van der Waals surface area contributed by atoms with E-state index in [1.807, 2.05) is 13.8 Å². The van der Waals surface area contributed by atoms with Crippen LogP contribution in [0.1, 0.15) is 40.5 Å². The van der Waals surface area contributed by atoms with Gasteiger partial charge in [0.1, 0.15) is 5.54 Å². The molecule has 6 nitrogen and oxygen atoms in total. The molecular formula is C14H28N2O4. The summed E-state index contributed by atoms with van der Waals surface area (Å²) in [5, 5.41) is 12.0. The number of carbonyl (C=O) groups excluding carboxylic acids is 1. The average molecular weight is 288 g/mol. The highest BCUT2D eigenvalue weighted by Crippen LogP contribution is 2.16. The fourth-order valence-corrected chi connectivity index (χ4v) is 1.98. The van der Waals surface area contributed by atoms with Crippen molar-refractivity contribution in [3.8, 4) is 0 Å². The number of nitrogens with zero attached hydrogens (tertiary/aromatic N) is 1. The second-order valence-corrected chi connectivity index (χ2v) is 5.36. The minimum Gasteiger partial charge on any atom is -0.480 e. The normalized spacial score (nSPS) is 11.5. The van der Waals surface area contributed by atoms with E-state index >= 15 is 0 Å². The standard InChI is InChI=1S/C14H28N2O4/c1-6-14(7-2,12(17)18)15-13(19)16(8-9-20-5)10-11(3)4/h11H,6-10H2,1-5H3,(H,15,19)(H,17,18). The molecule has 118 valence electrons. The van der Waals surface area contributed by atoms with Gasteiger partial charge in [-0.2, -0.15) is 0 Å². The summed E-state index contributed by atoms with van der Waals surface area (Å²) in [6.07, 6.45) is 0.703. The molecule has 0 rings (SSSR count). The topological polar surface area (TPSA) is 78.9 Å². The van der Waals surface area contributed by atoms with Crippen molar-refractivity contribution in [1.29, 1.82) is 0 Å². The van der Waals surface area contributed by atoms with Gasteiger partial charge in [-0.1, -0.05) is 27.7 Å². The molecule has 2 N–H and O–H groups in total. The van der Waals surface area contributed by atoms with Crippen LogP contribution in [0.25, 0.3) is 0 Å². The predicted molar refractivity (Wildman–Crippen MR) is 77.8 cm³/mol. The van der Waals surface area contributed by atoms with E-state index in [1.54, 1.807) is 25.9 Å². The molecule has 0 unspecified atom stereocenters. The van der Waals surface area contributed by atoms with Crippen LogP contribution in [0.3, 0.4) is 0 Å². The predicted octanol–water partition coefficient (Wildman–Crippen LogP) is 1.94. The Balaban J connectivity index is 4.91.